The summed E-state index contributed by atoms with van der Waals surface area (Å²) >= 11 is 0. The lowest BCUT2D eigenvalue weighted by Gasteiger charge is -2.23. The summed E-state index contributed by atoms with van der Waals surface area (Å²) in [6, 6.07) is 5.79. The predicted molar refractivity (Wildman–Crippen MR) is 79.7 cm³/mol. The molecule has 1 aliphatic rings. The average Bonchev–Trinajstić information content (AvgIpc) is 2.52. The zero-order valence-electron chi connectivity index (χ0n) is 12.0. The van der Waals surface area contributed by atoms with Gasteiger partial charge in [-0.1, -0.05) is 0 Å². The summed E-state index contributed by atoms with van der Waals surface area (Å²) in [7, 11) is 1.61. The molecule has 5 heteroatoms. The molecule has 112 valence electrons. The molecule has 1 unspecified atom stereocenters. The summed E-state index contributed by atoms with van der Waals surface area (Å²) in [5, 5.41) is 15.7. The van der Waals surface area contributed by atoms with Gasteiger partial charge in [0.05, 0.1) is 13.7 Å². The highest BCUT2D eigenvalue weighted by molar-refractivity contribution is 5.54. The monoisotopic (exact) mass is 280 g/mol. The van der Waals surface area contributed by atoms with E-state index in [-0.39, 0.29) is 13.2 Å². The van der Waals surface area contributed by atoms with Gasteiger partial charge in [0, 0.05) is 18.3 Å². The van der Waals surface area contributed by atoms with Gasteiger partial charge >= 0.3 is 0 Å². The largest absolute Gasteiger partial charge is 0.493 e. The fourth-order valence-corrected chi connectivity index (χ4v) is 2.42. The van der Waals surface area contributed by atoms with Gasteiger partial charge in [-0.3, -0.25) is 0 Å². The second kappa shape index (κ2) is 7.97. The van der Waals surface area contributed by atoms with Crippen LogP contribution in [-0.2, 0) is 0 Å². The highest BCUT2D eigenvalue weighted by Gasteiger charge is 2.13. The van der Waals surface area contributed by atoms with E-state index in [1.807, 2.05) is 18.2 Å². The van der Waals surface area contributed by atoms with Crippen molar-refractivity contribution in [2.45, 2.75) is 12.8 Å². The Morgan fingerprint density at radius 2 is 2.30 bits per heavy atom. The first-order valence-electron chi connectivity index (χ1n) is 7.19. The molecular weight excluding hydrogens is 256 g/mol. The van der Waals surface area contributed by atoms with E-state index >= 15 is 0 Å². The van der Waals surface area contributed by atoms with Gasteiger partial charge in [-0.15, -0.1) is 0 Å². The molecule has 0 aromatic heterocycles. The Morgan fingerprint density at radius 1 is 1.40 bits per heavy atom. The van der Waals surface area contributed by atoms with E-state index < -0.39 is 0 Å². The average molecular weight is 280 g/mol. The molecule has 0 bridgehead atoms. The molecule has 1 saturated heterocycles. The summed E-state index contributed by atoms with van der Waals surface area (Å²) in [5.74, 6) is 2.02. The lowest BCUT2D eigenvalue weighted by Crippen LogP contribution is -2.33. The zero-order chi connectivity index (χ0) is 14.2. The number of aliphatic hydroxyl groups excluding tert-OH is 1. The molecule has 0 aliphatic carbocycles. The molecule has 1 aromatic rings. The minimum Gasteiger partial charge on any atom is -0.493 e. The van der Waals surface area contributed by atoms with Gasteiger partial charge < -0.3 is 25.2 Å². The van der Waals surface area contributed by atoms with Gasteiger partial charge in [0.1, 0.15) is 6.61 Å². The Balaban J connectivity index is 1.93. The van der Waals surface area contributed by atoms with Crippen molar-refractivity contribution in [2.24, 2.45) is 5.92 Å². The molecule has 1 heterocycles. The highest BCUT2D eigenvalue weighted by atomic mass is 16.5. The number of methoxy groups -OCH3 is 1. The first-order chi connectivity index (χ1) is 9.83. The minimum atomic E-state index is -0.00540. The maximum atomic E-state index is 8.85. The molecule has 0 spiro atoms. The van der Waals surface area contributed by atoms with Crippen LogP contribution in [-0.4, -0.2) is 45.1 Å². The summed E-state index contributed by atoms with van der Waals surface area (Å²) in [6.45, 7) is 3.44. The third-order valence-corrected chi connectivity index (χ3v) is 3.51. The van der Waals surface area contributed by atoms with Crippen molar-refractivity contribution in [3.8, 4) is 11.5 Å². The molecule has 0 saturated carbocycles. The lowest BCUT2D eigenvalue weighted by molar-refractivity contribution is 0.196. The Bertz CT molecular complexity index is 406. The number of rotatable bonds is 7. The molecule has 5 nitrogen and oxygen atoms in total. The second-order valence-electron chi connectivity index (χ2n) is 5.03. The van der Waals surface area contributed by atoms with Crippen molar-refractivity contribution in [1.29, 1.82) is 0 Å². The third-order valence-electron chi connectivity index (χ3n) is 3.51. The molecule has 0 radical (unpaired) electrons. The standard InChI is InChI=1S/C15H24N2O3/c1-19-14-5-4-13(9-15(14)20-8-7-18)17-11-12-3-2-6-16-10-12/h4-5,9,12,16-18H,2-3,6-8,10-11H2,1H3. The molecule has 1 fully saturated rings. The van der Waals surface area contributed by atoms with Gasteiger partial charge in [-0.05, 0) is 44.0 Å². The van der Waals surface area contributed by atoms with Crippen molar-refractivity contribution in [3.63, 3.8) is 0 Å². The van der Waals surface area contributed by atoms with Crippen molar-refractivity contribution in [3.05, 3.63) is 18.2 Å². The van der Waals surface area contributed by atoms with Crippen LogP contribution in [0.15, 0.2) is 18.2 Å². The zero-order valence-corrected chi connectivity index (χ0v) is 12.0. The summed E-state index contributed by atoms with van der Waals surface area (Å²) in [4.78, 5) is 0. The number of piperidine rings is 1. The van der Waals surface area contributed by atoms with E-state index in [2.05, 4.69) is 10.6 Å². The van der Waals surface area contributed by atoms with E-state index in [0.29, 0.717) is 17.4 Å². The molecule has 20 heavy (non-hydrogen) atoms. The fraction of sp³-hybridized carbons (Fsp3) is 0.600. The Kier molecular flexibility index (Phi) is 5.95. The van der Waals surface area contributed by atoms with E-state index in [0.717, 1.165) is 25.3 Å². The number of benzene rings is 1. The van der Waals surface area contributed by atoms with Crippen molar-refractivity contribution < 1.29 is 14.6 Å². The van der Waals surface area contributed by atoms with Crippen LogP contribution >= 0.6 is 0 Å². The van der Waals surface area contributed by atoms with E-state index in [1.165, 1.54) is 12.8 Å². The topological polar surface area (TPSA) is 62.8 Å². The second-order valence-corrected chi connectivity index (χ2v) is 5.03. The predicted octanol–water partition coefficient (Wildman–Crippen LogP) is 1.48. The minimum absolute atomic E-state index is 0.00540. The lowest BCUT2D eigenvalue weighted by atomic mass is 10.00. The number of nitrogens with one attached hydrogen (secondary N) is 2. The van der Waals surface area contributed by atoms with Gasteiger partial charge in [-0.2, -0.15) is 0 Å². The van der Waals surface area contributed by atoms with Gasteiger partial charge in [-0.25, -0.2) is 0 Å². The van der Waals surface area contributed by atoms with Gasteiger partial charge in [0.25, 0.3) is 0 Å². The maximum absolute atomic E-state index is 8.85. The van der Waals surface area contributed by atoms with Crippen LogP contribution in [0.5, 0.6) is 11.5 Å². The van der Waals surface area contributed by atoms with Gasteiger partial charge in [0.15, 0.2) is 11.5 Å². The number of hydrogen-bond donors (Lipinski definition) is 3. The summed E-state index contributed by atoms with van der Waals surface area (Å²) in [5.41, 5.74) is 1.02. The van der Waals surface area contributed by atoms with Crippen LogP contribution in [0.1, 0.15) is 12.8 Å². The van der Waals surface area contributed by atoms with Crippen LogP contribution in [0.3, 0.4) is 0 Å². The highest BCUT2D eigenvalue weighted by Crippen LogP contribution is 2.30. The first kappa shape index (κ1) is 14.9. The molecule has 1 atom stereocenters. The molecule has 3 N–H and O–H groups in total. The van der Waals surface area contributed by atoms with Crippen molar-refractivity contribution >= 4 is 5.69 Å². The maximum Gasteiger partial charge on any atom is 0.163 e. The molecule has 2 rings (SSSR count). The number of ether oxygens (including phenoxy) is 2. The van der Waals surface area contributed by atoms with Crippen LogP contribution in [0.4, 0.5) is 5.69 Å². The summed E-state index contributed by atoms with van der Waals surface area (Å²) in [6.07, 6.45) is 2.52. The van der Waals surface area contributed by atoms with Crippen LogP contribution < -0.4 is 20.1 Å². The Labute approximate surface area is 120 Å². The number of aliphatic hydroxyl groups is 1. The van der Waals surface area contributed by atoms with E-state index in [1.54, 1.807) is 7.11 Å². The number of hydrogen-bond acceptors (Lipinski definition) is 5. The Hall–Kier alpha value is -1.46. The molecule has 0 amide bonds. The Morgan fingerprint density at radius 3 is 3.00 bits per heavy atom. The number of anilines is 1. The van der Waals surface area contributed by atoms with Crippen LogP contribution in [0, 0.1) is 5.92 Å². The van der Waals surface area contributed by atoms with E-state index in [9.17, 15) is 0 Å². The summed E-state index contributed by atoms with van der Waals surface area (Å²) < 4.78 is 10.7. The first-order valence-corrected chi connectivity index (χ1v) is 7.19. The quantitative estimate of drug-likeness (QED) is 0.706. The van der Waals surface area contributed by atoms with Crippen molar-refractivity contribution in [1.82, 2.24) is 5.32 Å². The third kappa shape index (κ3) is 4.28. The smallest absolute Gasteiger partial charge is 0.163 e. The molecule has 1 aliphatic heterocycles. The SMILES string of the molecule is COc1ccc(NCC2CCCNC2)cc1OCCO. The molecular formula is C15H24N2O3. The van der Waals surface area contributed by atoms with E-state index in [4.69, 9.17) is 14.6 Å². The van der Waals surface area contributed by atoms with Gasteiger partial charge in [0.2, 0.25) is 0 Å². The van der Waals surface area contributed by atoms with Crippen LogP contribution in [0.25, 0.3) is 0 Å². The normalized spacial score (nSPS) is 18.6. The molecule has 1 aromatic carbocycles. The fourth-order valence-electron chi connectivity index (χ4n) is 2.42. The van der Waals surface area contributed by atoms with Crippen molar-refractivity contribution in [2.75, 3.05) is 45.3 Å². The van der Waals surface area contributed by atoms with Crippen LogP contribution in [0.2, 0.25) is 0 Å².